The minimum atomic E-state index is -0.263. The summed E-state index contributed by atoms with van der Waals surface area (Å²) in [5.41, 5.74) is 3.59. The number of rotatable bonds is 5. The topological polar surface area (TPSA) is 112 Å². The number of carbonyl (C=O) groups is 1. The molecule has 0 saturated heterocycles. The van der Waals surface area contributed by atoms with Crippen LogP contribution in [0.15, 0.2) is 52.4 Å². The van der Waals surface area contributed by atoms with E-state index in [9.17, 15) is 4.79 Å². The lowest BCUT2D eigenvalue weighted by atomic mass is 10.1. The number of hydrogen-bond acceptors (Lipinski definition) is 8. The van der Waals surface area contributed by atoms with E-state index in [4.69, 9.17) is 4.52 Å². The summed E-state index contributed by atoms with van der Waals surface area (Å²) in [6.45, 7) is 1.80. The van der Waals surface area contributed by atoms with Gasteiger partial charge in [0.1, 0.15) is 0 Å². The zero-order valence-corrected chi connectivity index (χ0v) is 17.8. The van der Waals surface area contributed by atoms with Gasteiger partial charge in [0.2, 0.25) is 0 Å². The lowest BCUT2D eigenvalue weighted by molar-refractivity contribution is 0.102. The summed E-state index contributed by atoms with van der Waals surface area (Å²) < 4.78 is 7.22. The summed E-state index contributed by atoms with van der Waals surface area (Å²) in [5.74, 6) is 0.435. The third-order valence-electron chi connectivity index (χ3n) is 5.40. The minimum Gasteiger partial charge on any atom is -0.335 e. The van der Waals surface area contributed by atoms with E-state index in [1.54, 1.807) is 24.3 Å². The van der Waals surface area contributed by atoms with Crippen LogP contribution >= 0.6 is 11.3 Å². The second kappa shape index (κ2) is 7.34. The van der Waals surface area contributed by atoms with Gasteiger partial charge in [0.25, 0.3) is 11.6 Å². The molecule has 0 unspecified atom stereocenters. The van der Waals surface area contributed by atoms with Crippen molar-refractivity contribution in [2.45, 2.75) is 25.8 Å². The Morgan fingerprint density at radius 3 is 2.94 bits per heavy atom. The standard InChI is InChI=1S/C22H17N7O2S/c1-12-19-16(11-17(18-6-3-9-32-18)24-22(19)31-26-12)21(30)23-14-5-2-4-13(10-14)20-25-27-28-29(20)15-7-8-15/h2-6,9-11,15H,7-8H2,1H3,(H,23,30). The maximum atomic E-state index is 13.3. The van der Waals surface area contributed by atoms with Crippen LogP contribution in [0.3, 0.4) is 0 Å². The molecular formula is C22H17N7O2S. The molecule has 9 nitrogen and oxygen atoms in total. The lowest BCUT2D eigenvalue weighted by Crippen LogP contribution is -2.13. The average molecular weight is 443 g/mol. The predicted octanol–water partition coefficient (Wildman–Crippen LogP) is 4.50. The van der Waals surface area contributed by atoms with E-state index in [2.05, 4.69) is 31.0 Å². The second-order valence-corrected chi connectivity index (χ2v) is 8.64. The fourth-order valence-electron chi connectivity index (χ4n) is 3.71. The van der Waals surface area contributed by atoms with Crippen LogP contribution in [0, 0.1) is 6.92 Å². The third-order valence-corrected chi connectivity index (χ3v) is 6.29. The number of benzene rings is 1. The molecule has 1 N–H and O–H groups in total. The molecule has 1 fully saturated rings. The smallest absolute Gasteiger partial charge is 0.259 e. The largest absolute Gasteiger partial charge is 0.335 e. The highest BCUT2D eigenvalue weighted by molar-refractivity contribution is 7.13. The maximum Gasteiger partial charge on any atom is 0.259 e. The van der Waals surface area contributed by atoms with Crippen LogP contribution < -0.4 is 5.32 Å². The number of anilines is 1. The summed E-state index contributed by atoms with van der Waals surface area (Å²) in [4.78, 5) is 18.8. The Balaban J connectivity index is 1.36. The van der Waals surface area contributed by atoms with Gasteiger partial charge in [-0.3, -0.25) is 4.79 Å². The fraction of sp³-hybridized carbons (Fsp3) is 0.182. The number of pyridine rings is 1. The average Bonchev–Trinajstić information content (AvgIpc) is 3.20. The Labute approximate surface area is 186 Å². The highest BCUT2D eigenvalue weighted by atomic mass is 32.1. The first-order valence-corrected chi connectivity index (χ1v) is 11.1. The van der Waals surface area contributed by atoms with Crippen LogP contribution in [0.1, 0.15) is 34.9 Å². The molecule has 158 valence electrons. The van der Waals surface area contributed by atoms with Crippen molar-refractivity contribution >= 4 is 34.0 Å². The van der Waals surface area contributed by atoms with Crippen LogP contribution in [-0.4, -0.2) is 36.3 Å². The maximum absolute atomic E-state index is 13.3. The van der Waals surface area contributed by atoms with E-state index < -0.39 is 0 Å². The van der Waals surface area contributed by atoms with Crippen molar-refractivity contribution in [1.82, 2.24) is 30.3 Å². The zero-order chi connectivity index (χ0) is 21.7. The van der Waals surface area contributed by atoms with Crippen LogP contribution in [0.2, 0.25) is 0 Å². The molecule has 1 aliphatic rings. The second-order valence-electron chi connectivity index (χ2n) is 7.69. The quantitative estimate of drug-likeness (QED) is 0.426. The summed E-state index contributed by atoms with van der Waals surface area (Å²) >= 11 is 1.55. The van der Waals surface area contributed by atoms with Crippen LogP contribution in [-0.2, 0) is 0 Å². The van der Waals surface area contributed by atoms with Gasteiger partial charge in [-0.05, 0) is 59.8 Å². The summed E-state index contributed by atoms with van der Waals surface area (Å²) in [7, 11) is 0. The molecule has 0 bridgehead atoms. The van der Waals surface area contributed by atoms with Crippen molar-refractivity contribution in [3.05, 3.63) is 59.1 Å². The van der Waals surface area contributed by atoms with Gasteiger partial charge in [-0.15, -0.1) is 16.4 Å². The molecule has 6 rings (SSSR count). The van der Waals surface area contributed by atoms with E-state index in [0.29, 0.717) is 45.6 Å². The van der Waals surface area contributed by atoms with E-state index >= 15 is 0 Å². The van der Waals surface area contributed by atoms with Gasteiger partial charge in [-0.1, -0.05) is 23.4 Å². The summed E-state index contributed by atoms with van der Waals surface area (Å²) in [6.07, 6.45) is 2.16. The Hall–Kier alpha value is -3.92. The van der Waals surface area contributed by atoms with Gasteiger partial charge in [-0.2, -0.15) is 0 Å². The number of nitrogens with zero attached hydrogens (tertiary/aromatic N) is 6. The molecule has 32 heavy (non-hydrogen) atoms. The van der Waals surface area contributed by atoms with E-state index in [0.717, 1.165) is 23.3 Å². The van der Waals surface area contributed by atoms with Crippen molar-refractivity contribution in [2.75, 3.05) is 5.32 Å². The number of hydrogen-bond donors (Lipinski definition) is 1. The monoisotopic (exact) mass is 443 g/mol. The number of amides is 1. The highest BCUT2D eigenvalue weighted by Gasteiger charge is 2.28. The number of thiophene rings is 1. The van der Waals surface area contributed by atoms with Gasteiger partial charge in [0.15, 0.2) is 5.82 Å². The van der Waals surface area contributed by atoms with Gasteiger partial charge < -0.3 is 9.84 Å². The third kappa shape index (κ3) is 3.25. The first-order valence-electron chi connectivity index (χ1n) is 10.2. The molecule has 1 amide bonds. The molecule has 0 atom stereocenters. The van der Waals surface area contributed by atoms with Crippen molar-refractivity contribution in [1.29, 1.82) is 0 Å². The van der Waals surface area contributed by atoms with Crippen LogP contribution in [0.25, 0.3) is 33.1 Å². The number of nitrogens with one attached hydrogen (secondary N) is 1. The van der Waals surface area contributed by atoms with E-state index in [1.165, 1.54) is 0 Å². The molecule has 1 saturated carbocycles. The number of tetrazole rings is 1. The van der Waals surface area contributed by atoms with E-state index in [-0.39, 0.29) is 5.91 Å². The Kier molecular flexibility index (Phi) is 4.32. The molecule has 4 heterocycles. The minimum absolute atomic E-state index is 0.263. The Morgan fingerprint density at radius 1 is 1.22 bits per heavy atom. The molecular weight excluding hydrogens is 426 g/mol. The van der Waals surface area contributed by atoms with Crippen molar-refractivity contribution < 1.29 is 9.32 Å². The molecule has 0 radical (unpaired) electrons. The van der Waals surface area contributed by atoms with Gasteiger partial charge in [0, 0.05) is 11.3 Å². The van der Waals surface area contributed by atoms with E-state index in [1.807, 2.05) is 46.5 Å². The van der Waals surface area contributed by atoms with Crippen molar-refractivity contribution in [2.24, 2.45) is 0 Å². The number of carbonyl (C=O) groups excluding carboxylic acids is 1. The number of fused-ring (bicyclic) bond motifs is 1. The molecule has 1 aromatic carbocycles. The predicted molar refractivity (Wildman–Crippen MR) is 119 cm³/mol. The fourth-order valence-corrected chi connectivity index (χ4v) is 4.39. The Bertz CT molecular complexity index is 1450. The molecule has 1 aliphatic carbocycles. The van der Waals surface area contributed by atoms with Crippen molar-refractivity contribution in [3.8, 4) is 22.0 Å². The normalized spacial score (nSPS) is 13.5. The van der Waals surface area contributed by atoms with Gasteiger partial charge in [0.05, 0.1) is 33.3 Å². The summed E-state index contributed by atoms with van der Waals surface area (Å²) in [5, 5.41) is 21.7. The molecule has 0 spiro atoms. The van der Waals surface area contributed by atoms with Crippen LogP contribution in [0.5, 0.6) is 0 Å². The molecule has 10 heteroatoms. The first kappa shape index (κ1) is 18.8. The molecule has 4 aromatic heterocycles. The lowest BCUT2D eigenvalue weighted by Gasteiger charge is -2.09. The Morgan fingerprint density at radius 2 is 2.12 bits per heavy atom. The van der Waals surface area contributed by atoms with Crippen molar-refractivity contribution in [3.63, 3.8) is 0 Å². The molecule has 5 aromatic rings. The first-order chi connectivity index (χ1) is 15.7. The zero-order valence-electron chi connectivity index (χ0n) is 17.0. The highest BCUT2D eigenvalue weighted by Crippen LogP contribution is 2.37. The SMILES string of the molecule is Cc1noc2nc(-c3cccs3)cc(C(=O)Nc3cccc(-c4nnnn4C4CC4)c3)c12. The van der Waals surface area contributed by atoms with Crippen LogP contribution in [0.4, 0.5) is 5.69 Å². The molecule has 0 aliphatic heterocycles. The van der Waals surface area contributed by atoms with Gasteiger partial charge >= 0.3 is 0 Å². The number of aromatic nitrogens is 6. The van der Waals surface area contributed by atoms with Gasteiger partial charge in [-0.25, -0.2) is 9.67 Å². The summed E-state index contributed by atoms with van der Waals surface area (Å²) in [6, 6.07) is 13.6. The number of aryl methyl sites for hydroxylation is 1.